The van der Waals surface area contributed by atoms with E-state index >= 15 is 0 Å². The van der Waals surface area contributed by atoms with Crippen molar-refractivity contribution in [3.05, 3.63) is 24.3 Å². The topological polar surface area (TPSA) is 72.0 Å². The molecule has 1 heterocycles. The Morgan fingerprint density at radius 1 is 1.17 bits per heavy atom. The van der Waals surface area contributed by atoms with Crippen molar-refractivity contribution >= 4 is 16.9 Å². The first-order chi connectivity index (χ1) is 5.77. The van der Waals surface area contributed by atoms with Crippen molar-refractivity contribution in [1.82, 2.24) is 9.97 Å². The van der Waals surface area contributed by atoms with Crippen LogP contribution in [0, 0.1) is 0 Å². The normalized spacial score (nSPS) is 10.3. The van der Waals surface area contributed by atoms with Gasteiger partial charge in [0.05, 0.1) is 10.9 Å². The van der Waals surface area contributed by atoms with Crippen molar-refractivity contribution in [2.24, 2.45) is 0 Å². The monoisotopic (exact) mass is 161 g/mol. The smallest absolute Gasteiger partial charge is 0.223 e. The van der Waals surface area contributed by atoms with Crippen LogP contribution in [0.3, 0.4) is 0 Å². The third-order valence-corrected chi connectivity index (χ3v) is 1.60. The molecule has 1 aromatic carbocycles. The van der Waals surface area contributed by atoms with E-state index in [0.29, 0.717) is 10.9 Å². The Hall–Kier alpha value is -1.84. The average molecular weight is 161 g/mol. The van der Waals surface area contributed by atoms with Gasteiger partial charge in [-0.15, -0.1) is 0 Å². The number of fused-ring (bicyclic) bond motifs is 1. The number of hydrogen-bond donors (Lipinski definition) is 2. The van der Waals surface area contributed by atoms with Gasteiger partial charge >= 0.3 is 0 Å². The fourth-order valence-corrected chi connectivity index (χ4v) is 1.08. The van der Waals surface area contributed by atoms with Crippen LogP contribution in [0.4, 0.5) is 5.95 Å². The minimum atomic E-state index is -0.0712. The number of para-hydroxylation sites is 1. The van der Waals surface area contributed by atoms with Crippen LogP contribution in [-0.2, 0) is 0 Å². The maximum atomic E-state index is 9.32. The molecule has 12 heavy (non-hydrogen) atoms. The van der Waals surface area contributed by atoms with E-state index in [1.807, 2.05) is 12.1 Å². The fraction of sp³-hybridized carbons (Fsp3) is 0. The largest absolute Gasteiger partial charge is 0.493 e. The summed E-state index contributed by atoms with van der Waals surface area (Å²) in [6, 6.07) is 7.15. The van der Waals surface area contributed by atoms with E-state index in [2.05, 4.69) is 9.97 Å². The zero-order valence-corrected chi connectivity index (χ0v) is 6.23. The second-order valence-electron chi connectivity index (χ2n) is 2.42. The third-order valence-electron chi connectivity index (χ3n) is 1.60. The molecule has 0 radical (unpaired) electrons. The number of hydrogen-bond acceptors (Lipinski definition) is 4. The van der Waals surface area contributed by atoms with Crippen LogP contribution >= 0.6 is 0 Å². The molecule has 4 heteroatoms. The quantitative estimate of drug-likeness (QED) is 0.602. The maximum absolute atomic E-state index is 9.32. The molecule has 0 amide bonds. The van der Waals surface area contributed by atoms with Crippen LogP contribution in [0.15, 0.2) is 24.3 Å². The van der Waals surface area contributed by atoms with E-state index in [-0.39, 0.29) is 11.8 Å². The van der Waals surface area contributed by atoms with Crippen LogP contribution < -0.4 is 5.73 Å². The maximum Gasteiger partial charge on any atom is 0.223 e. The second kappa shape index (κ2) is 2.34. The van der Waals surface area contributed by atoms with Crippen molar-refractivity contribution in [2.45, 2.75) is 0 Å². The van der Waals surface area contributed by atoms with Crippen molar-refractivity contribution < 1.29 is 5.11 Å². The van der Waals surface area contributed by atoms with E-state index < -0.39 is 0 Å². The van der Waals surface area contributed by atoms with Gasteiger partial charge in [0.2, 0.25) is 11.8 Å². The molecule has 0 saturated heterocycles. The molecule has 2 rings (SSSR count). The summed E-state index contributed by atoms with van der Waals surface area (Å²) < 4.78 is 0. The molecule has 0 aliphatic rings. The lowest BCUT2D eigenvalue weighted by Gasteiger charge is -1.99. The predicted octanol–water partition coefficient (Wildman–Crippen LogP) is 0.918. The molecular weight excluding hydrogens is 154 g/mol. The number of nitrogen functional groups attached to an aromatic ring is 1. The summed E-state index contributed by atoms with van der Waals surface area (Å²) in [5.74, 6) is 0.0179. The first-order valence-corrected chi connectivity index (χ1v) is 3.48. The molecule has 0 saturated carbocycles. The fourth-order valence-electron chi connectivity index (χ4n) is 1.08. The molecule has 4 nitrogen and oxygen atoms in total. The molecule has 0 bridgehead atoms. The minimum Gasteiger partial charge on any atom is -0.493 e. The van der Waals surface area contributed by atoms with Gasteiger partial charge < -0.3 is 10.8 Å². The lowest BCUT2D eigenvalue weighted by molar-refractivity contribution is 0.460. The van der Waals surface area contributed by atoms with Crippen LogP contribution in [0.2, 0.25) is 0 Å². The molecule has 0 aliphatic heterocycles. The van der Waals surface area contributed by atoms with Crippen molar-refractivity contribution in [3.63, 3.8) is 0 Å². The molecule has 0 spiro atoms. The average Bonchev–Trinajstić information content (AvgIpc) is 2.04. The SMILES string of the molecule is Nc1nc(O)c2ccccc2n1. The van der Waals surface area contributed by atoms with Gasteiger partial charge in [-0.05, 0) is 12.1 Å². The Balaban J connectivity index is 2.89. The third kappa shape index (κ3) is 0.934. The van der Waals surface area contributed by atoms with Crippen LogP contribution in [-0.4, -0.2) is 15.1 Å². The number of benzene rings is 1. The van der Waals surface area contributed by atoms with Gasteiger partial charge in [0.15, 0.2) is 0 Å². The molecule has 2 aromatic rings. The number of nitrogens with two attached hydrogens (primary N) is 1. The number of aromatic hydroxyl groups is 1. The number of rotatable bonds is 0. The van der Waals surface area contributed by atoms with E-state index in [0.717, 1.165) is 0 Å². The van der Waals surface area contributed by atoms with Crippen LogP contribution in [0.25, 0.3) is 10.9 Å². The lowest BCUT2D eigenvalue weighted by atomic mass is 10.2. The summed E-state index contributed by atoms with van der Waals surface area (Å²) in [6.45, 7) is 0. The summed E-state index contributed by atoms with van der Waals surface area (Å²) in [6.07, 6.45) is 0. The van der Waals surface area contributed by atoms with E-state index in [4.69, 9.17) is 5.73 Å². The Kier molecular flexibility index (Phi) is 1.33. The zero-order valence-electron chi connectivity index (χ0n) is 6.23. The summed E-state index contributed by atoms with van der Waals surface area (Å²) in [5.41, 5.74) is 6.00. The molecular formula is C8H7N3O. The van der Waals surface area contributed by atoms with E-state index in [9.17, 15) is 5.11 Å². The molecule has 0 unspecified atom stereocenters. The summed E-state index contributed by atoms with van der Waals surface area (Å²) in [5, 5.41) is 9.94. The number of anilines is 1. The van der Waals surface area contributed by atoms with Crippen molar-refractivity contribution in [2.75, 3.05) is 5.73 Å². The highest BCUT2D eigenvalue weighted by molar-refractivity contribution is 5.83. The van der Waals surface area contributed by atoms with Gasteiger partial charge in [-0.25, -0.2) is 4.98 Å². The van der Waals surface area contributed by atoms with Gasteiger partial charge in [0, 0.05) is 0 Å². The highest BCUT2D eigenvalue weighted by Crippen LogP contribution is 2.20. The van der Waals surface area contributed by atoms with Gasteiger partial charge in [0.1, 0.15) is 0 Å². The van der Waals surface area contributed by atoms with Crippen LogP contribution in [0.1, 0.15) is 0 Å². The van der Waals surface area contributed by atoms with Gasteiger partial charge in [-0.2, -0.15) is 4.98 Å². The first-order valence-electron chi connectivity index (χ1n) is 3.48. The van der Waals surface area contributed by atoms with Crippen molar-refractivity contribution in [1.29, 1.82) is 0 Å². The standard InChI is InChI=1S/C8H7N3O/c9-8-10-6-4-2-1-3-5(6)7(12)11-8/h1-4H,(H3,9,10,11,12). The Labute approximate surface area is 68.7 Å². The molecule has 1 aromatic heterocycles. The van der Waals surface area contributed by atoms with Crippen molar-refractivity contribution in [3.8, 4) is 5.88 Å². The number of nitrogens with zero attached hydrogens (tertiary/aromatic N) is 2. The zero-order chi connectivity index (χ0) is 8.55. The molecule has 0 atom stereocenters. The van der Waals surface area contributed by atoms with Gasteiger partial charge in [-0.1, -0.05) is 12.1 Å². The molecule has 60 valence electrons. The summed E-state index contributed by atoms with van der Waals surface area (Å²) >= 11 is 0. The Morgan fingerprint density at radius 2 is 1.92 bits per heavy atom. The van der Waals surface area contributed by atoms with Gasteiger partial charge in [0.25, 0.3) is 0 Å². The molecule has 0 aliphatic carbocycles. The lowest BCUT2D eigenvalue weighted by Crippen LogP contribution is -1.94. The second-order valence-corrected chi connectivity index (χ2v) is 2.42. The summed E-state index contributed by atoms with van der Waals surface area (Å²) in [4.78, 5) is 7.57. The first kappa shape index (κ1) is 6.84. The minimum absolute atomic E-state index is 0.0712. The highest BCUT2D eigenvalue weighted by atomic mass is 16.3. The van der Waals surface area contributed by atoms with E-state index in [1.54, 1.807) is 12.1 Å². The molecule has 0 fully saturated rings. The van der Waals surface area contributed by atoms with E-state index in [1.165, 1.54) is 0 Å². The highest BCUT2D eigenvalue weighted by Gasteiger charge is 2.01. The molecule has 3 N–H and O–H groups in total. The Bertz CT molecular complexity index is 428. The van der Waals surface area contributed by atoms with Crippen LogP contribution in [0.5, 0.6) is 5.88 Å². The predicted molar refractivity (Wildman–Crippen MR) is 45.6 cm³/mol. The van der Waals surface area contributed by atoms with Gasteiger partial charge in [-0.3, -0.25) is 0 Å². The number of aromatic nitrogens is 2. The Morgan fingerprint density at radius 3 is 2.75 bits per heavy atom. The summed E-state index contributed by atoms with van der Waals surface area (Å²) in [7, 11) is 0.